The number of ketones is 1. The van der Waals surface area contributed by atoms with Gasteiger partial charge in [-0.15, -0.1) is 5.10 Å². The molecule has 0 aliphatic heterocycles. The van der Waals surface area contributed by atoms with Crippen LogP contribution in [0, 0.1) is 52.8 Å². The highest BCUT2D eigenvalue weighted by atomic mass is 16.3. The molecule has 0 aromatic carbocycles. The molecule has 6 rings (SSSR count). The van der Waals surface area contributed by atoms with Gasteiger partial charge in [-0.1, -0.05) is 13.8 Å². The first-order valence-corrected chi connectivity index (χ1v) is 11.9. The molecule has 5 aliphatic rings. The first-order chi connectivity index (χ1) is 13.9. The Morgan fingerprint density at radius 2 is 1.83 bits per heavy atom. The Morgan fingerprint density at radius 3 is 2.62 bits per heavy atom. The van der Waals surface area contributed by atoms with Gasteiger partial charge < -0.3 is 5.11 Å². The zero-order valence-corrected chi connectivity index (χ0v) is 17.7. The first-order valence-electron chi connectivity index (χ1n) is 11.9. The molecule has 10 atom stereocenters. The van der Waals surface area contributed by atoms with Gasteiger partial charge in [0.05, 0.1) is 5.60 Å². The summed E-state index contributed by atoms with van der Waals surface area (Å²) >= 11 is 0. The van der Waals surface area contributed by atoms with Crippen LogP contribution in [0.15, 0.2) is 6.33 Å². The average molecular weight is 399 g/mol. The van der Waals surface area contributed by atoms with E-state index in [1.165, 1.54) is 38.5 Å². The summed E-state index contributed by atoms with van der Waals surface area (Å²) in [5, 5.41) is 22.1. The third-order valence-electron chi connectivity index (χ3n) is 10.7. The van der Waals surface area contributed by atoms with E-state index >= 15 is 0 Å². The molecule has 0 saturated heterocycles. The van der Waals surface area contributed by atoms with Crippen LogP contribution in [-0.4, -0.2) is 36.7 Å². The summed E-state index contributed by atoms with van der Waals surface area (Å²) in [6.45, 7) is 5.00. The minimum Gasteiger partial charge on any atom is -0.389 e. The maximum atomic E-state index is 13.1. The molecule has 3 unspecified atom stereocenters. The molecule has 29 heavy (non-hydrogen) atoms. The number of aliphatic hydroxyl groups is 1. The molecule has 6 nitrogen and oxygen atoms in total. The highest BCUT2D eigenvalue weighted by Crippen LogP contribution is 2.70. The van der Waals surface area contributed by atoms with E-state index in [1.807, 2.05) is 0 Å². The lowest BCUT2D eigenvalue weighted by atomic mass is 9.49. The van der Waals surface area contributed by atoms with Crippen molar-refractivity contribution in [3.05, 3.63) is 6.33 Å². The van der Waals surface area contributed by atoms with E-state index in [0.717, 1.165) is 36.5 Å². The normalized spacial score (nSPS) is 52.8. The molecule has 0 radical (unpaired) electrons. The summed E-state index contributed by atoms with van der Waals surface area (Å²) in [5.41, 5.74) is -0.167. The third kappa shape index (κ3) is 2.44. The molecular weight excluding hydrogens is 364 g/mol. The summed E-state index contributed by atoms with van der Waals surface area (Å²) < 4.78 is 1.58. The number of nitrogens with zero attached hydrogens (tertiary/aromatic N) is 4. The van der Waals surface area contributed by atoms with Crippen molar-refractivity contribution in [3.8, 4) is 0 Å². The highest BCUT2D eigenvalue weighted by molar-refractivity contribution is 5.82. The zero-order chi connectivity index (χ0) is 20.0. The monoisotopic (exact) mass is 398 g/mol. The van der Waals surface area contributed by atoms with E-state index in [2.05, 4.69) is 29.4 Å². The number of Topliss-reactive ketones (excluding diaryl/α,β-unsaturated/α-hetero) is 1. The summed E-state index contributed by atoms with van der Waals surface area (Å²) in [5.74, 6) is 5.48. The van der Waals surface area contributed by atoms with Crippen LogP contribution < -0.4 is 0 Å². The van der Waals surface area contributed by atoms with Gasteiger partial charge in [-0.3, -0.25) is 4.79 Å². The van der Waals surface area contributed by atoms with Crippen molar-refractivity contribution in [1.82, 2.24) is 20.2 Å². The van der Waals surface area contributed by atoms with Crippen molar-refractivity contribution in [2.24, 2.45) is 52.8 Å². The van der Waals surface area contributed by atoms with Crippen molar-refractivity contribution in [2.45, 2.75) is 77.4 Å². The predicted octanol–water partition coefficient (Wildman–Crippen LogP) is 3.12. The van der Waals surface area contributed by atoms with Gasteiger partial charge in [0.15, 0.2) is 5.78 Å². The molecule has 0 bridgehead atoms. The van der Waals surface area contributed by atoms with Crippen LogP contribution in [0.1, 0.15) is 65.2 Å². The molecule has 1 aromatic heterocycles. The van der Waals surface area contributed by atoms with Gasteiger partial charge in [-0.25, -0.2) is 4.68 Å². The molecular formula is C23H34N4O2. The number of rotatable bonds is 3. The molecule has 5 fully saturated rings. The Kier molecular flexibility index (Phi) is 3.89. The van der Waals surface area contributed by atoms with Gasteiger partial charge >= 0.3 is 0 Å². The van der Waals surface area contributed by atoms with Crippen molar-refractivity contribution < 1.29 is 9.90 Å². The quantitative estimate of drug-likeness (QED) is 0.846. The lowest BCUT2D eigenvalue weighted by Gasteiger charge is -2.56. The number of fused-ring (bicyclic) bond motifs is 7. The Balaban J connectivity index is 1.21. The lowest BCUT2D eigenvalue weighted by Crippen LogP contribution is -2.50. The maximum Gasteiger partial charge on any atom is 0.158 e. The fourth-order valence-electron chi connectivity index (χ4n) is 9.29. The van der Waals surface area contributed by atoms with E-state index in [4.69, 9.17) is 0 Å². The van der Waals surface area contributed by atoms with E-state index in [0.29, 0.717) is 30.1 Å². The second-order valence-electron chi connectivity index (χ2n) is 11.3. The van der Waals surface area contributed by atoms with Crippen LogP contribution >= 0.6 is 0 Å². The fraction of sp³-hybridized carbons (Fsp3) is 0.913. The summed E-state index contributed by atoms with van der Waals surface area (Å²) in [4.78, 5) is 13.1. The Bertz CT molecular complexity index is 812. The molecule has 158 valence electrons. The number of hydrogen-bond donors (Lipinski definition) is 1. The zero-order valence-electron chi connectivity index (χ0n) is 17.7. The highest BCUT2D eigenvalue weighted by Gasteiger charge is 2.69. The van der Waals surface area contributed by atoms with E-state index in [9.17, 15) is 9.90 Å². The Labute approximate surface area is 172 Å². The fourth-order valence-corrected chi connectivity index (χ4v) is 9.29. The molecule has 1 N–H and O–H groups in total. The molecule has 0 spiro atoms. The summed E-state index contributed by atoms with van der Waals surface area (Å²) in [7, 11) is 0. The van der Waals surface area contributed by atoms with Crippen molar-refractivity contribution >= 4 is 5.78 Å². The molecule has 5 saturated carbocycles. The smallest absolute Gasteiger partial charge is 0.158 e. The second-order valence-corrected chi connectivity index (χ2v) is 11.3. The number of carbonyl (C=O) groups excluding carboxylic acids is 1. The predicted molar refractivity (Wildman–Crippen MR) is 106 cm³/mol. The molecule has 1 aromatic rings. The lowest BCUT2D eigenvalue weighted by molar-refractivity contribution is -0.131. The van der Waals surface area contributed by atoms with Crippen molar-refractivity contribution in [2.75, 3.05) is 0 Å². The third-order valence-corrected chi connectivity index (χ3v) is 10.7. The van der Waals surface area contributed by atoms with E-state index in [-0.39, 0.29) is 16.9 Å². The van der Waals surface area contributed by atoms with Gasteiger partial charge in [0, 0.05) is 5.92 Å². The van der Waals surface area contributed by atoms with Crippen LogP contribution in [-0.2, 0) is 11.3 Å². The van der Waals surface area contributed by atoms with Gasteiger partial charge in [-0.2, -0.15) is 0 Å². The first kappa shape index (κ1) is 18.5. The minimum absolute atomic E-state index is 0.154. The number of tetrazole rings is 1. The number of aromatic nitrogens is 4. The number of hydrogen-bond acceptors (Lipinski definition) is 5. The van der Waals surface area contributed by atoms with Crippen LogP contribution in [0.5, 0.6) is 0 Å². The molecule has 6 heteroatoms. The van der Waals surface area contributed by atoms with Crippen molar-refractivity contribution in [1.29, 1.82) is 0 Å². The Hall–Kier alpha value is -1.30. The molecule has 5 aliphatic carbocycles. The van der Waals surface area contributed by atoms with Crippen LogP contribution in [0.2, 0.25) is 0 Å². The van der Waals surface area contributed by atoms with Crippen LogP contribution in [0.3, 0.4) is 0 Å². The number of carbonyl (C=O) groups is 1. The van der Waals surface area contributed by atoms with Gasteiger partial charge in [0.25, 0.3) is 0 Å². The van der Waals surface area contributed by atoms with E-state index < -0.39 is 0 Å². The molecule has 1 heterocycles. The van der Waals surface area contributed by atoms with Gasteiger partial charge in [0.2, 0.25) is 0 Å². The summed E-state index contributed by atoms with van der Waals surface area (Å²) in [6, 6.07) is 0. The molecule has 0 amide bonds. The van der Waals surface area contributed by atoms with E-state index in [1.54, 1.807) is 11.0 Å². The summed E-state index contributed by atoms with van der Waals surface area (Å²) in [6.07, 6.45) is 11.2. The second kappa shape index (κ2) is 6.12. The average Bonchev–Trinajstić information content (AvgIpc) is 3.08. The SMILES string of the molecule is CC1C2C3CC[C@@H]4[C@H](CC[C@]5(C)[C@@H](C(=O)Cn6cnnn6)CC[C@@H]45)[C@H]3CC[C@]12O. The largest absolute Gasteiger partial charge is 0.389 e. The van der Waals surface area contributed by atoms with Gasteiger partial charge in [0.1, 0.15) is 12.9 Å². The minimum atomic E-state index is -0.321. The van der Waals surface area contributed by atoms with Crippen molar-refractivity contribution in [3.63, 3.8) is 0 Å². The van der Waals surface area contributed by atoms with Crippen LogP contribution in [0.25, 0.3) is 0 Å². The van der Waals surface area contributed by atoms with Gasteiger partial charge in [-0.05, 0) is 109 Å². The maximum absolute atomic E-state index is 13.1. The van der Waals surface area contributed by atoms with Crippen LogP contribution in [0.4, 0.5) is 0 Å². The standard InChI is InChI=1S/C23H34N4O2/c1-13-21-17-4-3-16-14(15(17)8-10-23(13,21)29)7-9-22(2)18(16)5-6-19(22)20(28)11-27-12-24-25-26-27/h12-19,21,29H,3-11H2,1-2H3/t13?,14-,15-,16-,17?,18+,19-,21?,22+,23+/m1/s1. The Morgan fingerprint density at radius 1 is 1.07 bits per heavy atom. The topological polar surface area (TPSA) is 80.9 Å².